The lowest BCUT2D eigenvalue weighted by Crippen LogP contribution is -2.47. The van der Waals surface area contributed by atoms with Crippen LogP contribution >= 0.6 is 11.6 Å². The standard InChI is InChI=1S/C21H22ClN3O6/c1-4-29-20(27)18-16(10-30-17(26)9-15-11(2)25-31-12(15)3)23-21(28)24-19(18)13-5-7-14(22)8-6-13/h5-8,19H,4,9-10H2,1-3H3,(H2,23,24,28). The van der Waals surface area contributed by atoms with Gasteiger partial charge in [-0.05, 0) is 38.5 Å². The molecule has 0 radical (unpaired) electrons. The maximum absolute atomic E-state index is 12.7. The first-order chi connectivity index (χ1) is 14.8. The Morgan fingerprint density at radius 2 is 1.90 bits per heavy atom. The van der Waals surface area contributed by atoms with Gasteiger partial charge in [-0.15, -0.1) is 0 Å². The van der Waals surface area contributed by atoms with Gasteiger partial charge in [-0.1, -0.05) is 28.9 Å². The number of ether oxygens (including phenoxy) is 2. The van der Waals surface area contributed by atoms with E-state index < -0.39 is 24.0 Å². The van der Waals surface area contributed by atoms with Crippen LogP contribution < -0.4 is 10.6 Å². The van der Waals surface area contributed by atoms with Crippen molar-refractivity contribution in [3.63, 3.8) is 0 Å². The Kier molecular flexibility index (Phi) is 6.96. The Labute approximate surface area is 183 Å². The molecule has 2 heterocycles. The zero-order valence-corrected chi connectivity index (χ0v) is 18.0. The minimum atomic E-state index is -0.790. The molecule has 0 fully saturated rings. The summed E-state index contributed by atoms with van der Waals surface area (Å²) in [6, 6.07) is 5.36. The Morgan fingerprint density at radius 3 is 2.52 bits per heavy atom. The predicted molar refractivity (Wildman–Crippen MR) is 110 cm³/mol. The average molecular weight is 448 g/mol. The summed E-state index contributed by atoms with van der Waals surface area (Å²) >= 11 is 5.95. The molecule has 1 aromatic heterocycles. The molecule has 0 aliphatic carbocycles. The second-order valence-electron chi connectivity index (χ2n) is 6.84. The van der Waals surface area contributed by atoms with Gasteiger partial charge in [-0.25, -0.2) is 9.59 Å². The van der Waals surface area contributed by atoms with Crippen molar-refractivity contribution in [2.45, 2.75) is 33.2 Å². The highest BCUT2D eigenvalue weighted by Crippen LogP contribution is 2.29. The number of nitrogens with zero attached hydrogens (tertiary/aromatic N) is 1. The summed E-state index contributed by atoms with van der Waals surface area (Å²) in [7, 11) is 0. The van der Waals surface area contributed by atoms with Gasteiger partial charge in [0.25, 0.3) is 0 Å². The molecule has 0 saturated heterocycles. The summed E-state index contributed by atoms with van der Waals surface area (Å²) in [5, 5.41) is 9.57. The number of carbonyl (C=O) groups excluding carboxylic acids is 3. The number of hydrogen-bond acceptors (Lipinski definition) is 7. The molecule has 2 aromatic rings. The third kappa shape index (κ3) is 5.24. The number of amides is 2. The molecule has 1 aliphatic rings. The van der Waals surface area contributed by atoms with E-state index in [1.807, 2.05) is 0 Å². The molecule has 9 nitrogen and oxygen atoms in total. The number of urea groups is 1. The molecular formula is C21H22ClN3O6. The van der Waals surface area contributed by atoms with Crippen molar-refractivity contribution in [3.05, 3.63) is 63.1 Å². The fourth-order valence-electron chi connectivity index (χ4n) is 3.19. The zero-order valence-electron chi connectivity index (χ0n) is 17.3. The largest absolute Gasteiger partial charge is 0.463 e. The molecule has 3 rings (SSSR count). The molecule has 1 unspecified atom stereocenters. The van der Waals surface area contributed by atoms with Crippen molar-refractivity contribution in [2.24, 2.45) is 0 Å². The summed E-state index contributed by atoms with van der Waals surface area (Å²) in [5.41, 5.74) is 2.15. The highest BCUT2D eigenvalue weighted by molar-refractivity contribution is 6.30. The van der Waals surface area contributed by atoms with E-state index in [0.29, 0.717) is 27.6 Å². The molecule has 2 amide bonds. The van der Waals surface area contributed by atoms with E-state index in [1.165, 1.54) is 0 Å². The Bertz CT molecular complexity index is 1010. The highest BCUT2D eigenvalue weighted by Gasteiger charge is 2.34. The molecule has 0 saturated carbocycles. The first-order valence-electron chi connectivity index (χ1n) is 9.60. The fraction of sp³-hybridized carbons (Fsp3) is 0.333. The minimum absolute atomic E-state index is 0.0456. The molecule has 1 atom stereocenters. The van der Waals surface area contributed by atoms with Crippen molar-refractivity contribution in [2.75, 3.05) is 13.2 Å². The van der Waals surface area contributed by atoms with Crippen molar-refractivity contribution >= 4 is 29.6 Å². The Balaban J connectivity index is 1.86. The van der Waals surface area contributed by atoms with Crippen LogP contribution in [0.1, 0.15) is 35.5 Å². The Morgan fingerprint density at radius 1 is 1.19 bits per heavy atom. The van der Waals surface area contributed by atoms with Gasteiger partial charge < -0.3 is 24.6 Å². The number of nitrogens with one attached hydrogen (secondary N) is 2. The smallest absolute Gasteiger partial charge is 0.338 e. The number of benzene rings is 1. The summed E-state index contributed by atoms with van der Waals surface area (Å²) in [6.45, 7) is 4.93. The number of aryl methyl sites for hydroxylation is 2. The quantitative estimate of drug-likeness (QED) is 0.626. The summed E-state index contributed by atoms with van der Waals surface area (Å²) in [5.74, 6) is -0.661. The van der Waals surface area contributed by atoms with Crippen molar-refractivity contribution in [3.8, 4) is 0 Å². The van der Waals surface area contributed by atoms with Gasteiger partial charge in [0.15, 0.2) is 0 Å². The number of hydrogen-bond donors (Lipinski definition) is 2. The average Bonchev–Trinajstić information content (AvgIpc) is 3.04. The van der Waals surface area contributed by atoms with Crippen LogP contribution in [-0.4, -0.2) is 36.3 Å². The van der Waals surface area contributed by atoms with Crippen LogP contribution in [0.3, 0.4) is 0 Å². The zero-order chi connectivity index (χ0) is 22.5. The van der Waals surface area contributed by atoms with Gasteiger partial charge in [-0.3, -0.25) is 4.79 Å². The predicted octanol–water partition coefficient (Wildman–Crippen LogP) is 2.90. The number of rotatable bonds is 7. The van der Waals surface area contributed by atoms with Crippen LogP contribution in [0.4, 0.5) is 4.79 Å². The number of carbonyl (C=O) groups is 3. The lowest BCUT2D eigenvalue weighted by atomic mass is 9.95. The SMILES string of the molecule is CCOC(=O)C1=C(COC(=O)Cc2c(C)noc2C)NC(=O)NC1c1ccc(Cl)cc1. The van der Waals surface area contributed by atoms with Crippen LogP contribution in [0, 0.1) is 13.8 Å². The molecule has 164 valence electrons. The van der Waals surface area contributed by atoms with E-state index in [0.717, 1.165) is 0 Å². The molecule has 0 bridgehead atoms. The summed E-state index contributed by atoms with van der Waals surface area (Å²) < 4.78 is 15.6. The van der Waals surface area contributed by atoms with Gasteiger partial charge in [0.2, 0.25) is 0 Å². The number of halogens is 1. The number of aromatic nitrogens is 1. The lowest BCUT2D eigenvalue weighted by Gasteiger charge is -2.29. The molecule has 10 heteroatoms. The lowest BCUT2D eigenvalue weighted by molar-refractivity contribution is -0.143. The minimum Gasteiger partial charge on any atom is -0.463 e. The van der Waals surface area contributed by atoms with Crippen molar-refractivity contribution in [1.82, 2.24) is 15.8 Å². The van der Waals surface area contributed by atoms with E-state index in [-0.39, 0.29) is 30.9 Å². The van der Waals surface area contributed by atoms with Crippen LogP contribution in [0.25, 0.3) is 0 Å². The first kappa shape index (κ1) is 22.4. The molecule has 0 spiro atoms. The van der Waals surface area contributed by atoms with Crippen molar-refractivity contribution in [1.29, 1.82) is 0 Å². The van der Waals surface area contributed by atoms with Crippen LogP contribution in [0.15, 0.2) is 40.1 Å². The van der Waals surface area contributed by atoms with Gasteiger partial charge in [0, 0.05) is 10.6 Å². The molecule has 1 aromatic carbocycles. The third-order valence-corrected chi connectivity index (χ3v) is 4.98. The van der Waals surface area contributed by atoms with E-state index >= 15 is 0 Å². The summed E-state index contributed by atoms with van der Waals surface area (Å²) in [4.78, 5) is 37.3. The molecular weight excluding hydrogens is 426 g/mol. The molecule has 31 heavy (non-hydrogen) atoms. The third-order valence-electron chi connectivity index (χ3n) is 4.73. The van der Waals surface area contributed by atoms with Crippen LogP contribution in [0.5, 0.6) is 0 Å². The normalized spacial score (nSPS) is 15.9. The molecule has 1 aliphatic heterocycles. The van der Waals surface area contributed by atoms with Crippen LogP contribution in [0.2, 0.25) is 5.02 Å². The second-order valence-corrected chi connectivity index (χ2v) is 7.27. The second kappa shape index (κ2) is 9.65. The maximum atomic E-state index is 12.7. The van der Waals surface area contributed by atoms with Gasteiger partial charge in [0.1, 0.15) is 12.4 Å². The van der Waals surface area contributed by atoms with E-state index in [4.69, 9.17) is 25.6 Å². The van der Waals surface area contributed by atoms with Crippen LogP contribution in [-0.2, 0) is 25.5 Å². The first-order valence-corrected chi connectivity index (χ1v) is 9.98. The van der Waals surface area contributed by atoms with Gasteiger partial charge in [-0.2, -0.15) is 0 Å². The monoisotopic (exact) mass is 447 g/mol. The van der Waals surface area contributed by atoms with Gasteiger partial charge >= 0.3 is 18.0 Å². The molecule has 2 N–H and O–H groups in total. The van der Waals surface area contributed by atoms with E-state index in [2.05, 4.69) is 15.8 Å². The fourth-order valence-corrected chi connectivity index (χ4v) is 3.32. The highest BCUT2D eigenvalue weighted by atomic mass is 35.5. The topological polar surface area (TPSA) is 120 Å². The Hall–Kier alpha value is -3.33. The maximum Gasteiger partial charge on any atom is 0.338 e. The van der Waals surface area contributed by atoms with E-state index in [1.54, 1.807) is 45.0 Å². The number of esters is 2. The van der Waals surface area contributed by atoms with Gasteiger partial charge in [0.05, 0.1) is 36.0 Å². The van der Waals surface area contributed by atoms with E-state index in [9.17, 15) is 14.4 Å². The summed E-state index contributed by atoms with van der Waals surface area (Å²) in [6.07, 6.45) is -0.0456. The van der Waals surface area contributed by atoms with Crippen molar-refractivity contribution < 1.29 is 28.4 Å².